The molecule has 0 rings (SSSR count). The van der Waals surface area contributed by atoms with E-state index in [9.17, 15) is 19.2 Å². The van der Waals surface area contributed by atoms with Crippen molar-refractivity contribution in [1.82, 2.24) is 5.32 Å². The van der Waals surface area contributed by atoms with E-state index in [1.807, 2.05) is 6.92 Å². The van der Waals surface area contributed by atoms with Crippen LogP contribution in [0.1, 0.15) is 32.6 Å². The van der Waals surface area contributed by atoms with Gasteiger partial charge in [0.15, 0.2) is 0 Å². The zero-order valence-electron chi connectivity index (χ0n) is 11.7. The summed E-state index contributed by atoms with van der Waals surface area (Å²) in [5.41, 5.74) is 0. The van der Waals surface area contributed by atoms with Crippen molar-refractivity contribution in [3.8, 4) is 0 Å². The molecule has 5 N–H and O–H groups in total. The third-order valence-corrected chi connectivity index (χ3v) is 2.16. The number of aliphatic hydroxyl groups excluding tert-OH is 1. The SMILES string of the molecule is CCCN[C@@H](CCO)C(=O)O.O=C(O)CCC(=O)C(=O)O. The summed E-state index contributed by atoms with van der Waals surface area (Å²) < 4.78 is 0. The number of aliphatic carboxylic acids is 3. The molecule has 0 fully saturated rings. The first kappa shape index (κ1) is 21.3. The van der Waals surface area contributed by atoms with Gasteiger partial charge in [-0.15, -0.1) is 0 Å². The van der Waals surface area contributed by atoms with Gasteiger partial charge in [0.2, 0.25) is 5.78 Å². The van der Waals surface area contributed by atoms with E-state index >= 15 is 0 Å². The molecule has 0 aromatic rings. The zero-order chi connectivity index (χ0) is 16.8. The van der Waals surface area contributed by atoms with Crippen LogP contribution in [0.15, 0.2) is 0 Å². The number of carbonyl (C=O) groups is 4. The van der Waals surface area contributed by atoms with Crippen LogP contribution in [0.25, 0.3) is 0 Å². The highest BCUT2D eigenvalue weighted by molar-refractivity contribution is 6.32. The topological polar surface area (TPSA) is 161 Å². The molecule has 1 atom stereocenters. The Morgan fingerprint density at radius 1 is 1.05 bits per heavy atom. The average molecular weight is 307 g/mol. The third-order valence-electron chi connectivity index (χ3n) is 2.16. The molecule has 0 amide bonds. The molecular formula is C12H21NO8. The monoisotopic (exact) mass is 307 g/mol. The van der Waals surface area contributed by atoms with Crippen LogP contribution in [0.5, 0.6) is 0 Å². The van der Waals surface area contributed by atoms with E-state index in [0.29, 0.717) is 6.54 Å². The van der Waals surface area contributed by atoms with Gasteiger partial charge in [0, 0.05) is 13.0 Å². The highest BCUT2D eigenvalue weighted by atomic mass is 16.4. The zero-order valence-corrected chi connectivity index (χ0v) is 11.7. The number of nitrogens with one attached hydrogen (secondary N) is 1. The van der Waals surface area contributed by atoms with Crippen molar-refractivity contribution in [2.75, 3.05) is 13.2 Å². The number of aliphatic hydroxyl groups is 1. The maximum atomic E-state index is 10.4. The fourth-order valence-electron chi connectivity index (χ4n) is 1.09. The Bertz CT molecular complexity index is 355. The molecule has 9 heteroatoms. The first-order valence-corrected chi connectivity index (χ1v) is 6.31. The molecule has 0 unspecified atom stereocenters. The maximum absolute atomic E-state index is 10.4. The van der Waals surface area contributed by atoms with Crippen LogP contribution in [0, 0.1) is 0 Å². The highest BCUT2D eigenvalue weighted by Crippen LogP contribution is 1.91. The van der Waals surface area contributed by atoms with Gasteiger partial charge in [-0.25, -0.2) is 4.79 Å². The molecule has 0 aliphatic heterocycles. The van der Waals surface area contributed by atoms with E-state index in [4.69, 9.17) is 20.4 Å². The second-order valence-electron chi connectivity index (χ2n) is 3.98. The van der Waals surface area contributed by atoms with E-state index in [0.717, 1.165) is 6.42 Å². The first-order chi connectivity index (χ1) is 9.76. The summed E-state index contributed by atoms with van der Waals surface area (Å²) in [6.45, 7) is 2.55. The lowest BCUT2D eigenvalue weighted by Gasteiger charge is -2.11. The second-order valence-corrected chi connectivity index (χ2v) is 3.98. The van der Waals surface area contributed by atoms with Gasteiger partial charge in [0.25, 0.3) is 0 Å². The van der Waals surface area contributed by atoms with Gasteiger partial charge in [0.1, 0.15) is 6.04 Å². The number of hydrogen-bond donors (Lipinski definition) is 5. The predicted molar refractivity (Wildman–Crippen MR) is 70.9 cm³/mol. The van der Waals surface area contributed by atoms with Gasteiger partial charge in [-0.2, -0.15) is 0 Å². The standard InChI is InChI=1S/C7H15NO3.C5H6O5/c1-2-4-8-6(3-5-9)7(10)11;6-3(5(9)10)1-2-4(7)8/h6,8-9H,2-5H2,1H3,(H,10,11);1-2H2,(H,7,8)(H,9,10)/t6-;/m0./s1. The minimum atomic E-state index is -1.58. The van der Waals surface area contributed by atoms with Gasteiger partial charge in [-0.1, -0.05) is 6.92 Å². The summed E-state index contributed by atoms with van der Waals surface area (Å²) in [6.07, 6.45) is 0.306. The highest BCUT2D eigenvalue weighted by Gasteiger charge is 2.14. The Balaban J connectivity index is 0. The van der Waals surface area contributed by atoms with Gasteiger partial charge >= 0.3 is 17.9 Å². The number of carboxylic acid groups (broad SMARTS) is 3. The average Bonchev–Trinajstić information content (AvgIpc) is 2.40. The molecule has 0 radical (unpaired) electrons. The predicted octanol–water partition coefficient (Wildman–Crippen LogP) is -0.673. The number of rotatable bonds is 10. The summed E-state index contributed by atoms with van der Waals surface area (Å²) in [7, 11) is 0. The molecule has 0 spiro atoms. The van der Waals surface area contributed by atoms with Crippen molar-refractivity contribution in [3.05, 3.63) is 0 Å². The number of ketones is 1. The Hall–Kier alpha value is -2.00. The number of Topliss-reactive ketones (excluding diaryl/α,β-unsaturated/α-hetero) is 1. The lowest BCUT2D eigenvalue weighted by molar-refractivity contribution is -0.149. The third kappa shape index (κ3) is 14.2. The number of carbonyl (C=O) groups excluding carboxylic acids is 1. The molecule has 0 aromatic carbocycles. The van der Waals surface area contributed by atoms with Crippen molar-refractivity contribution < 1.29 is 39.6 Å². The van der Waals surface area contributed by atoms with Crippen LogP contribution >= 0.6 is 0 Å². The Morgan fingerprint density at radius 3 is 1.95 bits per heavy atom. The summed E-state index contributed by atoms with van der Waals surface area (Å²) in [6, 6.07) is -0.597. The van der Waals surface area contributed by atoms with E-state index < -0.39 is 42.6 Å². The molecule has 0 bridgehead atoms. The molecule has 122 valence electrons. The Morgan fingerprint density at radius 2 is 1.62 bits per heavy atom. The van der Waals surface area contributed by atoms with Crippen molar-refractivity contribution in [1.29, 1.82) is 0 Å². The molecule has 0 saturated heterocycles. The van der Waals surface area contributed by atoms with Crippen LogP contribution in [0.4, 0.5) is 0 Å². The Kier molecular flexibility index (Phi) is 13.2. The molecule has 0 aromatic heterocycles. The minimum absolute atomic E-state index is 0.0896. The van der Waals surface area contributed by atoms with Crippen LogP contribution in [0.3, 0.4) is 0 Å². The molecule has 9 nitrogen and oxygen atoms in total. The van der Waals surface area contributed by atoms with E-state index in [2.05, 4.69) is 5.32 Å². The van der Waals surface area contributed by atoms with Crippen LogP contribution in [-0.4, -0.2) is 63.3 Å². The molecule has 21 heavy (non-hydrogen) atoms. The molecule has 0 aliphatic carbocycles. The summed E-state index contributed by atoms with van der Waals surface area (Å²) in [5, 5.41) is 35.8. The number of carboxylic acids is 3. The van der Waals surface area contributed by atoms with Crippen molar-refractivity contribution in [2.45, 2.75) is 38.6 Å². The van der Waals surface area contributed by atoms with Crippen LogP contribution in [-0.2, 0) is 19.2 Å². The summed E-state index contributed by atoms with van der Waals surface area (Å²) in [5.74, 6) is -4.72. The number of hydrogen-bond acceptors (Lipinski definition) is 6. The fourth-order valence-corrected chi connectivity index (χ4v) is 1.09. The van der Waals surface area contributed by atoms with E-state index in [-0.39, 0.29) is 13.0 Å². The summed E-state index contributed by atoms with van der Waals surface area (Å²) in [4.78, 5) is 40.2. The minimum Gasteiger partial charge on any atom is -0.481 e. The van der Waals surface area contributed by atoms with Crippen molar-refractivity contribution in [2.24, 2.45) is 0 Å². The fraction of sp³-hybridized carbons (Fsp3) is 0.667. The van der Waals surface area contributed by atoms with Gasteiger partial charge in [-0.05, 0) is 19.4 Å². The van der Waals surface area contributed by atoms with E-state index in [1.165, 1.54) is 0 Å². The van der Waals surface area contributed by atoms with Crippen molar-refractivity contribution >= 4 is 23.7 Å². The maximum Gasteiger partial charge on any atom is 0.372 e. The quantitative estimate of drug-likeness (QED) is 0.329. The molecular weight excluding hydrogens is 286 g/mol. The van der Waals surface area contributed by atoms with Crippen molar-refractivity contribution in [3.63, 3.8) is 0 Å². The lowest BCUT2D eigenvalue weighted by atomic mass is 10.2. The smallest absolute Gasteiger partial charge is 0.372 e. The van der Waals surface area contributed by atoms with E-state index in [1.54, 1.807) is 0 Å². The second kappa shape index (κ2) is 13.0. The lowest BCUT2D eigenvalue weighted by Crippen LogP contribution is -2.37. The normalized spacial score (nSPS) is 11.0. The summed E-state index contributed by atoms with van der Waals surface area (Å²) >= 11 is 0. The van der Waals surface area contributed by atoms with Gasteiger partial charge < -0.3 is 25.7 Å². The molecule has 0 aliphatic rings. The van der Waals surface area contributed by atoms with Crippen LogP contribution in [0.2, 0.25) is 0 Å². The van der Waals surface area contributed by atoms with Gasteiger partial charge in [0.05, 0.1) is 6.42 Å². The molecule has 0 heterocycles. The van der Waals surface area contributed by atoms with Crippen LogP contribution < -0.4 is 5.32 Å². The Labute approximate surface area is 121 Å². The molecule has 0 saturated carbocycles. The first-order valence-electron chi connectivity index (χ1n) is 6.31. The largest absolute Gasteiger partial charge is 0.481 e. The van der Waals surface area contributed by atoms with Gasteiger partial charge in [-0.3, -0.25) is 14.4 Å².